The normalized spacial score (nSPS) is 14.1. The maximum atomic E-state index is 12.2. The molecule has 0 atom stereocenters. The average Bonchev–Trinajstić information content (AvgIpc) is 3.30. The van der Waals surface area contributed by atoms with Gasteiger partial charge < -0.3 is 19.5 Å². The Balaban J connectivity index is 1.52. The summed E-state index contributed by atoms with van der Waals surface area (Å²) in [6, 6.07) is 7.70. The molecule has 2 heterocycles. The number of rotatable bonds is 7. The number of methoxy groups -OCH3 is 1. The van der Waals surface area contributed by atoms with Gasteiger partial charge in [0, 0.05) is 31.5 Å². The average molecular weight is 330 g/mol. The maximum absolute atomic E-state index is 12.2. The molecule has 1 fully saturated rings. The van der Waals surface area contributed by atoms with E-state index in [9.17, 15) is 4.79 Å². The van der Waals surface area contributed by atoms with Gasteiger partial charge in [-0.1, -0.05) is 5.16 Å². The Morgan fingerprint density at radius 1 is 1.29 bits per heavy atom. The van der Waals surface area contributed by atoms with Gasteiger partial charge in [0.15, 0.2) is 5.82 Å². The summed E-state index contributed by atoms with van der Waals surface area (Å²) < 4.78 is 10.0. The van der Waals surface area contributed by atoms with Crippen molar-refractivity contribution in [1.82, 2.24) is 15.5 Å². The van der Waals surface area contributed by atoms with E-state index in [1.54, 1.807) is 7.11 Å². The molecule has 128 valence electrons. The Morgan fingerprint density at radius 3 is 2.75 bits per heavy atom. The van der Waals surface area contributed by atoms with Crippen LogP contribution < -0.4 is 10.2 Å². The second-order valence-electron chi connectivity index (χ2n) is 5.77. The standard InChI is InChI=1S/C17H22N4O3/c1-23-11-8-16-19-15(20-24-16)12-18-17(22)13-4-6-14(7-5-13)21-9-2-3-10-21/h4-7H,2-3,8-12H2,1H3,(H,18,22). The molecule has 0 spiro atoms. The van der Waals surface area contributed by atoms with Gasteiger partial charge in [-0.3, -0.25) is 4.79 Å². The van der Waals surface area contributed by atoms with Crippen molar-refractivity contribution in [3.05, 3.63) is 41.5 Å². The van der Waals surface area contributed by atoms with Crippen LogP contribution in [-0.2, 0) is 17.7 Å². The first kappa shape index (κ1) is 16.4. The molecule has 0 radical (unpaired) electrons. The molecule has 3 rings (SSSR count). The molecule has 0 unspecified atom stereocenters. The Kier molecular flexibility index (Phi) is 5.43. The zero-order valence-corrected chi connectivity index (χ0v) is 13.8. The van der Waals surface area contributed by atoms with E-state index in [0.717, 1.165) is 13.1 Å². The molecule has 1 N–H and O–H groups in total. The van der Waals surface area contributed by atoms with Crippen LogP contribution in [0.1, 0.15) is 34.9 Å². The van der Waals surface area contributed by atoms with E-state index >= 15 is 0 Å². The van der Waals surface area contributed by atoms with Gasteiger partial charge in [-0.05, 0) is 37.1 Å². The number of carbonyl (C=O) groups is 1. The van der Waals surface area contributed by atoms with Gasteiger partial charge in [0.25, 0.3) is 5.91 Å². The summed E-state index contributed by atoms with van der Waals surface area (Å²) >= 11 is 0. The SMILES string of the molecule is COCCc1nc(CNC(=O)c2ccc(N3CCCC3)cc2)no1. The number of ether oxygens (including phenoxy) is 1. The third kappa shape index (κ3) is 4.11. The first-order chi connectivity index (χ1) is 11.8. The zero-order chi connectivity index (χ0) is 16.8. The number of anilines is 1. The first-order valence-corrected chi connectivity index (χ1v) is 8.20. The van der Waals surface area contributed by atoms with Crippen LogP contribution in [0.15, 0.2) is 28.8 Å². The van der Waals surface area contributed by atoms with Crippen LogP contribution in [0.5, 0.6) is 0 Å². The number of aromatic nitrogens is 2. The van der Waals surface area contributed by atoms with E-state index in [2.05, 4.69) is 20.4 Å². The highest BCUT2D eigenvalue weighted by molar-refractivity contribution is 5.94. The highest BCUT2D eigenvalue weighted by atomic mass is 16.5. The molecule has 1 aromatic carbocycles. The smallest absolute Gasteiger partial charge is 0.251 e. The first-order valence-electron chi connectivity index (χ1n) is 8.20. The molecular formula is C17H22N4O3. The lowest BCUT2D eigenvalue weighted by Gasteiger charge is -2.17. The molecule has 7 nitrogen and oxygen atoms in total. The van der Waals surface area contributed by atoms with Gasteiger partial charge in [0.1, 0.15) is 0 Å². The highest BCUT2D eigenvalue weighted by Gasteiger charge is 2.13. The summed E-state index contributed by atoms with van der Waals surface area (Å²) in [5.41, 5.74) is 1.80. The number of benzene rings is 1. The van der Waals surface area contributed by atoms with E-state index in [1.165, 1.54) is 18.5 Å². The highest BCUT2D eigenvalue weighted by Crippen LogP contribution is 2.20. The molecule has 1 aliphatic rings. The fourth-order valence-electron chi connectivity index (χ4n) is 2.71. The number of nitrogens with zero attached hydrogens (tertiary/aromatic N) is 3. The molecule has 24 heavy (non-hydrogen) atoms. The fraction of sp³-hybridized carbons (Fsp3) is 0.471. The van der Waals surface area contributed by atoms with Crippen molar-refractivity contribution >= 4 is 11.6 Å². The second-order valence-corrected chi connectivity index (χ2v) is 5.77. The third-order valence-corrected chi connectivity index (χ3v) is 4.04. The number of hydrogen-bond acceptors (Lipinski definition) is 6. The summed E-state index contributed by atoms with van der Waals surface area (Å²) in [4.78, 5) is 18.7. The van der Waals surface area contributed by atoms with Gasteiger partial charge in [0.2, 0.25) is 5.89 Å². The van der Waals surface area contributed by atoms with Crippen LogP contribution in [0.2, 0.25) is 0 Å². The predicted octanol–water partition coefficient (Wildman–Crippen LogP) is 1.79. The van der Waals surface area contributed by atoms with E-state index in [4.69, 9.17) is 9.26 Å². The van der Waals surface area contributed by atoms with Crippen LogP contribution in [0.3, 0.4) is 0 Å². The molecule has 1 saturated heterocycles. The molecule has 0 saturated carbocycles. The van der Waals surface area contributed by atoms with Gasteiger partial charge >= 0.3 is 0 Å². The summed E-state index contributed by atoms with van der Waals surface area (Å²) in [5, 5.41) is 6.64. The van der Waals surface area contributed by atoms with Crippen LogP contribution in [0.4, 0.5) is 5.69 Å². The van der Waals surface area contributed by atoms with Gasteiger partial charge in [-0.2, -0.15) is 4.98 Å². The molecular weight excluding hydrogens is 308 g/mol. The van der Waals surface area contributed by atoms with Crippen molar-refractivity contribution < 1.29 is 14.1 Å². The molecule has 1 aromatic heterocycles. The lowest BCUT2D eigenvalue weighted by Crippen LogP contribution is -2.23. The Hall–Kier alpha value is -2.41. The van der Waals surface area contributed by atoms with Crippen LogP contribution in [0.25, 0.3) is 0 Å². The Labute approximate surface area is 141 Å². The Bertz CT molecular complexity index is 663. The van der Waals surface area contributed by atoms with Crippen molar-refractivity contribution in [3.8, 4) is 0 Å². The molecule has 0 aliphatic carbocycles. The van der Waals surface area contributed by atoms with Crippen molar-refractivity contribution in [2.24, 2.45) is 0 Å². The minimum absolute atomic E-state index is 0.147. The Morgan fingerprint density at radius 2 is 2.04 bits per heavy atom. The zero-order valence-electron chi connectivity index (χ0n) is 13.8. The van der Waals surface area contributed by atoms with E-state index in [-0.39, 0.29) is 12.5 Å². The number of amides is 1. The van der Waals surface area contributed by atoms with Gasteiger partial charge in [-0.15, -0.1) is 0 Å². The van der Waals surface area contributed by atoms with Crippen molar-refractivity contribution in [1.29, 1.82) is 0 Å². The second kappa shape index (κ2) is 7.92. The fourth-order valence-corrected chi connectivity index (χ4v) is 2.71. The lowest BCUT2D eigenvalue weighted by molar-refractivity contribution is 0.0949. The summed E-state index contributed by atoms with van der Waals surface area (Å²) in [7, 11) is 1.62. The number of hydrogen-bond donors (Lipinski definition) is 1. The quantitative estimate of drug-likeness (QED) is 0.834. The monoisotopic (exact) mass is 330 g/mol. The largest absolute Gasteiger partial charge is 0.384 e. The van der Waals surface area contributed by atoms with Crippen molar-refractivity contribution in [2.75, 3.05) is 31.7 Å². The molecule has 7 heteroatoms. The predicted molar refractivity (Wildman–Crippen MR) is 88.9 cm³/mol. The summed E-state index contributed by atoms with van der Waals surface area (Å²) in [5.74, 6) is 0.824. The molecule has 1 amide bonds. The van der Waals surface area contributed by atoms with Crippen molar-refractivity contribution in [3.63, 3.8) is 0 Å². The van der Waals surface area contributed by atoms with Crippen LogP contribution >= 0.6 is 0 Å². The maximum Gasteiger partial charge on any atom is 0.251 e. The van der Waals surface area contributed by atoms with Crippen molar-refractivity contribution in [2.45, 2.75) is 25.8 Å². The van der Waals surface area contributed by atoms with Crippen LogP contribution in [0, 0.1) is 0 Å². The minimum atomic E-state index is -0.147. The van der Waals surface area contributed by atoms with E-state index < -0.39 is 0 Å². The molecule has 0 bridgehead atoms. The topological polar surface area (TPSA) is 80.5 Å². The molecule has 1 aliphatic heterocycles. The summed E-state index contributed by atoms with van der Waals surface area (Å²) in [6.07, 6.45) is 3.04. The van der Waals surface area contributed by atoms with Gasteiger partial charge in [-0.25, -0.2) is 0 Å². The third-order valence-electron chi connectivity index (χ3n) is 4.04. The minimum Gasteiger partial charge on any atom is -0.384 e. The lowest BCUT2D eigenvalue weighted by atomic mass is 10.2. The van der Waals surface area contributed by atoms with E-state index in [0.29, 0.717) is 30.3 Å². The summed E-state index contributed by atoms with van der Waals surface area (Å²) in [6.45, 7) is 2.95. The van der Waals surface area contributed by atoms with E-state index in [1.807, 2.05) is 24.3 Å². The number of nitrogens with one attached hydrogen (secondary N) is 1. The van der Waals surface area contributed by atoms with Crippen LogP contribution in [-0.4, -0.2) is 42.9 Å². The van der Waals surface area contributed by atoms with Gasteiger partial charge in [0.05, 0.1) is 19.6 Å². The number of carbonyl (C=O) groups excluding carboxylic acids is 1. The molecule has 2 aromatic rings.